The van der Waals surface area contributed by atoms with Gasteiger partial charge in [-0.2, -0.15) is 5.26 Å². The summed E-state index contributed by atoms with van der Waals surface area (Å²) in [6.45, 7) is 3.44. The van der Waals surface area contributed by atoms with Gasteiger partial charge in [-0.25, -0.2) is 0 Å². The van der Waals surface area contributed by atoms with Gasteiger partial charge in [0.15, 0.2) is 6.61 Å². The molecule has 1 aliphatic rings. The average Bonchev–Trinajstić information content (AvgIpc) is 2.25. The molecular formula is C12H14N2O. The van der Waals surface area contributed by atoms with Crippen molar-refractivity contribution in [1.82, 2.24) is 0 Å². The molecule has 0 aliphatic carbocycles. The van der Waals surface area contributed by atoms with Gasteiger partial charge in [-0.1, -0.05) is 6.07 Å². The Labute approximate surface area is 89.9 Å². The van der Waals surface area contributed by atoms with Crippen LogP contribution in [0.3, 0.4) is 0 Å². The van der Waals surface area contributed by atoms with Crippen LogP contribution in [0, 0.1) is 11.3 Å². The van der Waals surface area contributed by atoms with Gasteiger partial charge in [-0.05, 0) is 25.5 Å². The minimum Gasteiger partial charge on any atom is -0.479 e. The van der Waals surface area contributed by atoms with Gasteiger partial charge in [0, 0.05) is 24.3 Å². The Bertz CT molecular complexity index is 383. The van der Waals surface area contributed by atoms with Gasteiger partial charge >= 0.3 is 0 Å². The van der Waals surface area contributed by atoms with Crippen LogP contribution >= 0.6 is 0 Å². The SMILES string of the molecule is CC1CCN1c1cccc(OCC#N)c1. The van der Waals surface area contributed by atoms with E-state index < -0.39 is 0 Å². The molecule has 1 saturated heterocycles. The lowest BCUT2D eigenvalue weighted by Crippen LogP contribution is -2.45. The first kappa shape index (κ1) is 9.85. The van der Waals surface area contributed by atoms with Crippen LogP contribution in [0.4, 0.5) is 5.69 Å². The summed E-state index contributed by atoms with van der Waals surface area (Å²) in [4.78, 5) is 2.33. The van der Waals surface area contributed by atoms with Crippen molar-refractivity contribution >= 4 is 5.69 Å². The summed E-state index contributed by atoms with van der Waals surface area (Å²) >= 11 is 0. The van der Waals surface area contributed by atoms with Crippen molar-refractivity contribution in [2.75, 3.05) is 18.1 Å². The first-order valence-corrected chi connectivity index (χ1v) is 5.17. The van der Waals surface area contributed by atoms with Crippen molar-refractivity contribution in [2.45, 2.75) is 19.4 Å². The smallest absolute Gasteiger partial charge is 0.174 e. The minimum absolute atomic E-state index is 0.110. The third kappa shape index (κ3) is 2.04. The van der Waals surface area contributed by atoms with Gasteiger partial charge in [0.1, 0.15) is 11.8 Å². The highest BCUT2D eigenvalue weighted by Gasteiger charge is 2.23. The zero-order chi connectivity index (χ0) is 10.7. The molecular weight excluding hydrogens is 188 g/mol. The van der Waals surface area contributed by atoms with Crippen molar-refractivity contribution in [3.63, 3.8) is 0 Å². The molecule has 3 nitrogen and oxygen atoms in total. The van der Waals surface area contributed by atoms with Crippen molar-refractivity contribution in [3.05, 3.63) is 24.3 Å². The molecule has 0 radical (unpaired) electrons. The van der Waals surface area contributed by atoms with Crippen LogP contribution < -0.4 is 9.64 Å². The van der Waals surface area contributed by atoms with Crippen molar-refractivity contribution in [3.8, 4) is 11.8 Å². The number of anilines is 1. The molecule has 1 aromatic rings. The quantitative estimate of drug-likeness (QED) is 0.753. The lowest BCUT2D eigenvalue weighted by Gasteiger charge is -2.40. The van der Waals surface area contributed by atoms with Crippen LogP contribution in [-0.4, -0.2) is 19.2 Å². The minimum atomic E-state index is 0.110. The number of hydrogen-bond donors (Lipinski definition) is 0. The Hall–Kier alpha value is -1.69. The molecule has 0 N–H and O–H groups in total. The van der Waals surface area contributed by atoms with Crippen LogP contribution in [0.25, 0.3) is 0 Å². The molecule has 15 heavy (non-hydrogen) atoms. The summed E-state index contributed by atoms with van der Waals surface area (Å²) in [6.07, 6.45) is 1.25. The maximum Gasteiger partial charge on any atom is 0.174 e. The third-order valence-corrected chi connectivity index (χ3v) is 2.77. The molecule has 0 bridgehead atoms. The van der Waals surface area contributed by atoms with E-state index in [1.54, 1.807) is 0 Å². The predicted octanol–water partition coefficient (Wildman–Crippen LogP) is 2.19. The van der Waals surface area contributed by atoms with Crippen LogP contribution in [-0.2, 0) is 0 Å². The monoisotopic (exact) mass is 202 g/mol. The largest absolute Gasteiger partial charge is 0.479 e. The zero-order valence-electron chi connectivity index (χ0n) is 8.81. The number of rotatable bonds is 3. The van der Waals surface area contributed by atoms with Crippen molar-refractivity contribution < 1.29 is 4.74 Å². The van der Waals surface area contributed by atoms with Crippen molar-refractivity contribution in [2.24, 2.45) is 0 Å². The summed E-state index contributed by atoms with van der Waals surface area (Å²) in [5, 5.41) is 8.42. The van der Waals surface area contributed by atoms with E-state index in [9.17, 15) is 0 Å². The van der Waals surface area contributed by atoms with Gasteiger partial charge < -0.3 is 9.64 Å². The summed E-state index contributed by atoms with van der Waals surface area (Å²) in [5.41, 5.74) is 1.18. The van der Waals surface area contributed by atoms with Gasteiger partial charge in [0.2, 0.25) is 0 Å². The third-order valence-electron chi connectivity index (χ3n) is 2.77. The molecule has 1 heterocycles. The van der Waals surface area contributed by atoms with E-state index in [4.69, 9.17) is 10.00 Å². The molecule has 0 spiro atoms. The Morgan fingerprint density at radius 3 is 3.07 bits per heavy atom. The molecule has 0 aromatic heterocycles. The average molecular weight is 202 g/mol. The van der Waals surface area contributed by atoms with Crippen LogP contribution in [0.5, 0.6) is 5.75 Å². The van der Waals surface area contributed by atoms with Crippen LogP contribution in [0.15, 0.2) is 24.3 Å². The van der Waals surface area contributed by atoms with Crippen LogP contribution in [0.1, 0.15) is 13.3 Å². The topological polar surface area (TPSA) is 36.3 Å². The lowest BCUT2D eigenvalue weighted by molar-refractivity contribution is 0.367. The fourth-order valence-corrected chi connectivity index (χ4v) is 1.77. The van der Waals surface area contributed by atoms with E-state index in [-0.39, 0.29) is 6.61 Å². The summed E-state index contributed by atoms with van der Waals surface area (Å²) in [7, 11) is 0. The highest BCUT2D eigenvalue weighted by molar-refractivity contribution is 5.53. The molecule has 1 aromatic carbocycles. The molecule has 1 aliphatic heterocycles. The number of hydrogen-bond acceptors (Lipinski definition) is 3. The predicted molar refractivity (Wildman–Crippen MR) is 59.0 cm³/mol. The maximum atomic E-state index is 8.42. The Kier molecular flexibility index (Phi) is 2.77. The molecule has 0 amide bonds. The maximum absolute atomic E-state index is 8.42. The van der Waals surface area contributed by atoms with E-state index in [0.717, 1.165) is 12.3 Å². The van der Waals surface area contributed by atoms with E-state index in [0.29, 0.717) is 6.04 Å². The van der Waals surface area contributed by atoms with Gasteiger partial charge in [-0.15, -0.1) is 0 Å². The first-order valence-electron chi connectivity index (χ1n) is 5.17. The summed E-state index contributed by atoms with van der Waals surface area (Å²) in [6, 6.07) is 10.5. The van der Waals surface area contributed by atoms with E-state index in [1.165, 1.54) is 12.1 Å². The first-order chi connectivity index (χ1) is 7.31. The van der Waals surface area contributed by atoms with E-state index in [1.807, 2.05) is 24.3 Å². The van der Waals surface area contributed by atoms with Gasteiger partial charge in [0.25, 0.3) is 0 Å². The lowest BCUT2D eigenvalue weighted by atomic mass is 10.0. The molecule has 1 fully saturated rings. The second kappa shape index (κ2) is 4.22. The van der Waals surface area contributed by atoms with E-state index in [2.05, 4.69) is 17.9 Å². The molecule has 1 unspecified atom stereocenters. The number of nitrogens with zero attached hydrogens (tertiary/aromatic N) is 2. The van der Waals surface area contributed by atoms with Gasteiger partial charge in [-0.3, -0.25) is 0 Å². The summed E-state index contributed by atoms with van der Waals surface area (Å²) in [5.74, 6) is 0.771. The molecule has 78 valence electrons. The number of ether oxygens (including phenoxy) is 1. The Morgan fingerprint density at radius 1 is 1.60 bits per heavy atom. The van der Waals surface area contributed by atoms with Crippen molar-refractivity contribution in [1.29, 1.82) is 5.26 Å². The Balaban J connectivity index is 2.09. The normalized spacial score (nSPS) is 19.2. The standard InChI is InChI=1S/C12H14N2O/c1-10-5-7-14(10)11-3-2-4-12(9-11)15-8-6-13/h2-4,9-10H,5,7-8H2,1H3. The number of benzene rings is 1. The van der Waals surface area contributed by atoms with E-state index >= 15 is 0 Å². The molecule has 2 rings (SSSR count). The summed E-state index contributed by atoms with van der Waals surface area (Å²) < 4.78 is 5.26. The van der Waals surface area contributed by atoms with Gasteiger partial charge in [0.05, 0.1) is 0 Å². The highest BCUT2D eigenvalue weighted by Crippen LogP contribution is 2.28. The molecule has 0 saturated carbocycles. The van der Waals surface area contributed by atoms with Crippen LogP contribution in [0.2, 0.25) is 0 Å². The fourth-order valence-electron chi connectivity index (χ4n) is 1.77. The molecule has 3 heteroatoms. The second-order valence-electron chi connectivity index (χ2n) is 3.78. The zero-order valence-corrected chi connectivity index (χ0v) is 8.81. The molecule has 1 atom stereocenters. The highest BCUT2D eigenvalue weighted by atomic mass is 16.5. The number of nitriles is 1. The second-order valence-corrected chi connectivity index (χ2v) is 3.78. The fraction of sp³-hybridized carbons (Fsp3) is 0.417. The Morgan fingerprint density at radius 2 is 2.47 bits per heavy atom.